The summed E-state index contributed by atoms with van der Waals surface area (Å²) in [7, 11) is 0. The lowest BCUT2D eigenvalue weighted by molar-refractivity contribution is -0.136. The fraction of sp³-hybridized carbons (Fsp3) is 0.652. The van der Waals surface area contributed by atoms with Gasteiger partial charge in [0.25, 0.3) is 5.91 Å². The van der Waals surface area contributed by atoms with Crippen molar-refractivity contribution in [3.05, 3.63) is 33.8 Å². The third-order valence-corrected chi connectivity index (χ3v) is 7.23. The van der Waals surface area contributed by atoms with E-state index in [1.165, 1.54) is 6.42 Å². The van der Waals surface area contributed by atoms with Gasteiger partial charge < -0.3 is 14.5 Å². The molecule has 0 bridgehead atoms. The van der Waals surface area contributed by atoms with E-state index in [4.69, 9.17) is 27.9 Å². The molecule has 3 aliphatic heterocycles. The minimum Gasteiger partial charge on any atom is -0.379 e. The van der Waals surface area contributed by atoms with Crippen molar-refractivity contribution in [1.82, 2.24) is 14.7 Å². The van der Waals surface area contributed by atoms with Crippen molar-refractivity contribution in [3.8, 4) is 0 Å². The molecule has 0 N–H and O–H groups in total. The zero-order valence-corrected chi connectivity index (χ0v) is 19.4. The van der Waals surface area contributed by atoms with Crippen LogP contribution in [0.15, 0.2) is 18.2 Å². The Hall–Kier alpha value is -1.34. The largest absolute Gasteiger partial charge is 0.379 e. The summed E-state index contributed by atoms with van der Waals surface area (Å²) in [6, 6.07) is 4.47. The van der Waals surface area contributed by atoms with Crippen LogP contribution in [0.25, 0.3) is 0 Å². The van der Waals surface area contributed by atoms with Crippen molar-refractivity contribution in [3.63, 3.8) is 0 Å². The first-order valence-electron chi connectivity index (χ1n) is 11.4. The highest BCUT2D eigenvalue weighted by atomic mass is 35.5. The first kappa shape index (κ1) is 22.8. The fourth-order valence-electron chi connectivity index (χ4n) is 4.95. The van der Waals surface area contributed by atoms with Gasteiger partial charge in [0.1, 0.15) is 6.04 Å². The molecule has 0 saturated carbocycles. The van der Waals surface area contributed by atoms with Gasteiger partial charge in [0.2, 0.25) is 5.91 Å². The summed E-state index contributed by atoms with van der Waals surface area (Å²) in [5.74, 6) is 0.591. The van der Waals surface area contributed by atoms with Gasteiger partial charge in [0.15, 0.2) is 0 Å². The zero-order valence-electron chi connectivity index (χ0n) is 17.9. The molecule has 1 unspecified atom stereocenters. The lowest BCUT2D eigenvalue weighted by atomic mass is 9.92. The van der Waals surface area contributed by atoms with E-state index in [9.17, 15) is 9.59 Å². The number of benzene rings is 1. The van der Waals surface area contributed by atoms with E-state index in [-0.39, 0.29) is 17.9 Å². The van der Waals surface area contributed by atoms with Gasteiger partial charge in [-0.25, -0.2) is 0 Å². The van der Waals surface area contributed by atoms with Gasteiger partial charge >= 0.3 is 0 Å². The molecule has 31 heavy (non-hydrogen) atoms. The van der Waals surface area contributed by atoms with Gasteiger partial charge in [0.05, 0.1) is 13.2 Å². The summed E-state index contributed by atoms with van der Waals surface area (Å²) >= 11 is 12.1. The number of rotatable bonds is 5. The Morgan fingerprint density at radius 1 is 0.935 bits per heavy atom. The number of nitrogens with zero attached hydrogens (tertiary/aromatic N) is 3. The van der Waals surface area contributed by atoms with E-state index in [1.54, 1.807) is 23.1 Å². The molecule has 1 aromatic rings. The minimum absolute atomic E-state index is 0.0885. The highest BCUT2D eigenvalue weighted by Gasteiger charge is 2.38. The number of hydrogen-bond acceptors (Lipinski definition) is 4. The van der Waals surface area contributed by atoms with Crippen LogP contribution in [-0.2, 0) is 9.53 Å². The normalized spacial score (nSPS) is 23.4. The summed E-state index contributed by atoms with van der Waals surface area (Å²) in [6.07, 6.45) is 4.83. The molecule has 0 aromatic heterocycles. The molecule has 2 amide bonds. The average Bonchev–Trinajstić information content (AvgIpc) is 3.27. The second-order valence-corrected chi connectivity index (χ2v) is 9.70. The van der Waals surface area contributed by atoms with Crippen LogP contribution in [0.1, 0.15) is 42.5 Å². The third-order valence-electron chi connectivity index (χ3n) is 6.79. The van der Waals surface area contributed by atoms with Crippen molar-refractivity contribution in [1.29, 1.82) is 0 Å². The predicted molar refractivity (Wildman–Crippen MR) is 122 cm³/mol. The number of carbonyl (C=O) groups excluding carboxylic acids is 2. The van der Waals surface area contributed by atoms with Crippen LogP contribution in [0.3, 0.4) is 0 Å². The van der Waals surface area contributed by atoms with Crippen molar-refractivity contribution >= 4 is 35.0 Å². The maximum Gasteiger partial charge on any atom is 0.254 e. The standard InChI is InChI=1S/C23H31Cl2N3O3/c24-19-14-18(15-20(25)16-19)22(29)28-6-1-2-21(28)23(30)27-8-4-17(5-9-27)3-7-26-10-12-31-13-11-26/h14-17,21H,1-13H2. The second-order valence-electron chi connectivity index (χ2n) is 8.83. The van der Waals surface area contributed by atoms with Gasteiger partial charge in [-0.3, -0.25) is 14.5 Å². The number of amides is 2. The van der Waals surface area contributed by atoms with Gasteiger partial charge in [0, 0.05) is 48.3 Å². The van der Waals surface area contributed by atoms with E-state index < -0.39 is 0 Å². The van der Waals surface area contributed by atoms with Crippen LogP contribution >= 0.6 is 23.2 Å². The van der Waals surface area contributed by atoms with E-state index in [0.717, 1.165) is 71.6 Å². The summed E-state index contributed by atoms with van der Waals surface area (Å²) in [6.45, 7) is 7.02. The number of piperidine rings is 1. The average molecular weight is 468 g/mol. The molecule has 170 valence electrons. The van der Waals surface area contributed by atoms with Crippen LogP contribution in [0.2, 0.25) is 10.0 Å². The Morgan fingerprint density at radius 2 is 1.61 bits per heavy atom. The van der Waals surface area contributed by atoms with Gasteiger partial charge in [-0.2, -0.15) is 0 Å². The van der Waals surface area contributed by atoms with Crippen LogP contribution in [0.4, 0.5) is 0 Å². The number of carbonyl (C=O) groups is 2. The van der Waals surface area contributed by atoms with E-state index >= 15 is 0 Å². The zero-order chi connectivity index (χ0) is 21.8. The molecule has 3 fully saturated rings. The molecular formula is C23H31Cl2N3O3. The van der Waals surface area contributed by atoms with Gasteiger partial charge in [-0.1, -0.05) is 23.2 Å². The Balaban J connectivity index is 1.30. The van der Waals surface area contributed by atoms with Crippen LogP contribution in [0, 0.1) is 5.92 Å². The summed E-state index contributed by atoms with van der Waals surface area (Å²) in [5.41, 5.74) is 0.444. The third kappa shape index (κ3) is 5.72. The molecule has 0 spiro atoms. The minimum atomic E-state index is -0.379. The highest BCUT2D eigenvalue weighted by molar-refractivity contribution is 6.35. The predicted octanol–water partition coefficient (Wildman–Crippen LogP) is 3.56. The maximum atomic E-state index is 13.3. The number of morpholine rings is 1. The van der Waals surface area contributed by atoms with Gasteiger partial charge in [-0.05, 0) is 62.8 Å². The summed E-state index contributed by atoms with van der Waals surface area (Å²) in [4.78, 5) is 32.5. The first-order chi connectivity index (χ1) is 15.0. The Kier molecular flexibility index (Phi) is 7.75. The topological polar surface area (TPSA) is 53.1 Å². The Morgan fingerprint density at radius 3 is 2.29 bits per heavy atom. The Labute approximate surface area is 194 Å². The molecule has 0 aliphatic carbocycles. The number of ether oxygens (including phenoxy) is 1. The van der Waals surface area contributed by atoms with E-state index in [2.05, 4.69) is 4.90 Å². The highest BCUT2D eigenvalue weighted by Crippen LogP contribution is 2.27. The summed E-state index contributed by atoms with van der Waals surface area (Å²) in [5, 5.41) is 0.856. The van der Waals surface area contributed by atoms with Crippen molar-refractivity contribution in [2.45, 2.75) is 38.1 Å². The fourth-order valence-corrected chi connectivity index (χ4v) is 5.48. The molecule has 3 heterocycles. The maximum absolute atomic E-state index is 13.3. The number of halogens is 2. The number of likely N-dealkylation sites (tertiary alicyclic amines) is 2. The van der Waals surface area contributed by atoms with Crippen LogP contribution < -0.4 is 0 Å². The molecule has 6 nitrogen and oxygen atoms in total. The molecule has 3 aliphatic rings. The lowest BCUT2D eigenvalue weighted by Crippen LogP contribution is -2.50. The molecule has 0 radical (unpaired) electrons. The smallest absolute Gasteiger partial charge is 0.254 e. The number of hydrogen-bond donors (Lipinski definition) is 0. The quantitative estimate of drug-likeness (QED) is 0.664. The van der Waals surface area contributed by atoms with E-state index in [0.29, 0.717) is 28.1 Å². The van der Waals surface area contributed by atoms with Crippen molar-refractivity contribution in [2.75, 3.05) is 52.5 Å². The van der Waals surface area contributed by atoms with Crippen molar-refractivity contribution < 1.29 is 14.3 Å². The molecule has 1 atom stereocenters. The molecular weight excluding hydrogens is 437 g/mol. The summed E-state index contributed by atoms with van der Waals surface area (Å²) < 4.78 is 5.42. The molecule has 3 saturated heterocycles. The van der Waals surface area contributed by atoms with Crippen molar-refractivity contribution in [2.24, 2.45) is 5.92 Å². The van der Waals surface area contributed by atoms with Gasteiger partial charge in [-0.15, -0.1) is 0 Å². The molecule has 4 rings (SSSR count). The first-order valence-corrected chi connectivity index (χ1v) is 12.1. The van der Waals surface area contributed by atoms with Crippen LogP contribution in [0.5, 0.6) is 0 Å². The lowest BCUT2D eigenvalue weighted by Gasteiger charge is -2.36. The molecule has 1 aromatic carbocycles. The van der Waals surface area contributed by atoms with E-state index in [1.807, 2.05) is 4.90 Å². The molecule has 8 heteroatoms. The monoisotopic (exact) mass is 467 g/mol. The SMILES string of the molecule is O=C(C1CCCN1C(=O)c1cc(Cl)cc(Cl)c1)N1CCC(CCN2CCOCC2)CC1. The second kappa shape index (κ2) is 10.5. The van der Waals surface area contributed by atoms with Crippen LogP contribution in [-0.4, -0.2) is 85.0 Å². The Bertz CT molecular complexity index is 772.